The number of carbonyl (C=O) groups excluding carboxylic acids is 1. The molecule has 76 valence electrons. The molecule has 0 aromatic heterocycles. The van der Waals surface area contributed by atoms with Gasteiger partial charge in [0.2, 0.25) is 6.41 Å². The third-order valence-corrected chi connectivity index (χ3v) is 1.46. The molecule has 0 atom stereocenters. The maximum atomic E-state index is 8.58. The minimum atomic E-state index is 0.144. The predicted molar refractivity (Wildman–Crippen MR) is 53.9 cm³/mol. The summed E-state index contributed by atoms with van der Waals surface area (Å²) in [5, 5.41) is 11.2. The quantitative estimate of drug-likeness (QED) is 0.196. The average molecular weight is 195 g/mol. The Bertz CT molecular complexity index is 306. The molecule has 0 radical (unpaired) electrons. The second-order valence-corrected chi connectivity index (χ2v) is 2.49. The van der Waals surface area contributed by atoms with Crippen LogP contribution in [-0.2, 0) is 4.79 Å². The zero-order valence-corrected chi connectivity index (χ0v) is 7.84. The number of carbonyl (C=O) groups is 1. The van der Waals surface area contributed by atoms with Gasteiger partial charge in [0, 0.05) is 5.56 Å². The van der Waals surface area contributed by atoms with E-state index in [1.807, 2.05) is 31.2 Å². The fourth-order valence-corrected chi connectivity index (χ4v) is 0.782. The minimum Gasteiger partial charge on any atom is -0.409 e. The number of amidine groups is 1. The van der Waals surface area contributed by atoms with E-state index in [9.17, 15) is 0 Å². The van der Waals surface area contributed by atoms with Crippen LogP contribution in [0.2, 0.25) is 0 Å². The standard InChI is InChI=1S/C8H10N2O.CH3NO/c1-6-2-4-7(5-3-6)8(9)10-11;2-1-3/h2-5,11H,1H3,(H2,9,10);1H,(H2,2,3). The highest BCUT2D eigenvalue weighted by Crippen LogP contribution is 2.01. The van der Waals surface area contributed by atoms with Crippen LogP contribution in [0, 0.1) is 6.92 Å². The zero-order valence-electron chi connectivity index (χ0n) is 7.84. The summed E-state index contributed by atoms with van der Waals surface area (Å²) in [6, 6.07) is 7.44. The third-order valence-electron chi connectivity index (χ3n) is 1.46. The van der Waals surface area contributed by atoms with Crippen molar-refractivity contribution in [3.63, 3.8) is 0 Å². The first-order valence-electron chi connectivity index (χ1n) is 3.85. The fraction of sp³-hybridized carbons (Fsp3) is 0.111. The summed E-state index contributed by atoms with van der Waals surface area (Å²) in [4.78, 5) is 8.58. The van der Waals surface area contributed by atoms with Gasteiger partial charge < -0.3 is 16.7 Å². The molecule has 0 bridgehead atoms. The van der Waals surface area contributed by atoms with Gasteiger partial charge in [-0.2, -0.15) is 0 Å². The van der Waals surface area contributed by atoms with Gasteiger partial charge in [0.05, 0.1) is 0 Å². The van der Waals surface area contributed by atoms with Crippen molar-refractivity contribution in [3.05, 3.63) is 35.4 Å². The maximum Gasteiger partial charge on any atom is 0.204 e. The number of rotatable bonds is 1. The lowest BCUT2D eigenvalue weighted by Gasteiger charge is -1.97. The van der Waals surface area contributed by atoms with Crippen molar-refractivity contribution in [2.75, 3.05) is 0 Å². The van der Waals surface area contributed by atoms with Crippen molar-refractivity contribution in [2.24, 2.45) is 16.6 Å². The molecule has 1 rings (SSSR count). The van der Waals surface area contributed by atoms with Crippen LogP contribution in [0.15, 0.2) is 29.4 Å². The molecule has 0 saturated carbocycles. The summed E-state index contributed by atoms with van der Waals surface area (Å²) < 4.78 is 0. The first kappa shape index (κ1) is 12.0. The topological polar surface area (TPSA) is 102 Å². The molecule has 5 heteroatoms. The molecule has 0 unspecified atom stereocenters. The van der Waals surface area contributed by atoms with E-state index in [1.165, 1.54) is 0 Å². The van der Waals surface area contributed by atoms with Crippen LogP contribution in [0.5, 0.6) is 0 Å². The molecule has 0 aliphatic heterocycles. The highest BCUT2D eigenvalue weighted by atomic mass is 16.4. The van der Waals surface area contributed by atoms with E-state index in [0.717, 1.165) is 11.1 Å². The Kier molecular flexibility index (Phi) is 5.53. The van der Waals surface area contributed by atoms with E-state index in [1.54, 1.807) is 0 Å². The van der Waals surface area contributed by atoms with E-state index >= 15 is 0 Å². The summed E-state index contributed by atoms with van der Waals surface area (Å²) in [5.41, 5.74) is 11.4. The van der Waals surface area contributed by atoms with Gasteiger partial charge in [-0.1, -0.05) is 35.0 Å². The first-order valence-corrected chi connectivity index (χ1v) is 3.85. The number of oxime groups is 1. The van der Waals surface area contributed by atoms with Gasteiger partial charge >= 0.3 is 0 Å². The van der Waals surface area contributed by atoms with E-state index < -0.39 is 0 Å². The van der Waals surface area contributed by atoms with E-state index in [0.29, 0.717) is 0 Å². The van der Waals surface area contributed by atoms with Gasteiger partial charge in [0.1, 0.15) is 0 Å². The molecule has 0 heterocycles. The van der Waals surface area contributed by atoms with Crippen LogP contribution in [0.25, 0.3) is 0 Å². The van der Waals surface area contributed by atoms with Gasteiger partial charge in [-0.25, -0.2) is 0 Å². The van der Waals surface area contributed by atoms with Crippen molar-refractivity contribution >= 4 is 12.2 Å². The lowest BCUT2D eigenvalue weighted by Crippen LogP contribution is -2.12. The molecule has 0 aliphatic rings. The third kappa shape index (κ3) is 4.10. The van der Waals surface area contributed by atoms with E-state index in [2.05, 4.69) is 10.9 Å². The van der Waals surface area contributed by atoms with Crippen molar-refractivity contribution in [3.8, 4) is 0 Å². The summed E-state index contributed by atoms with van der Waals surface area (Å²) in [5.74, 6) is 0.144. The number of amides is 1. The summed E-state index contributed by atoms with van der Waals surface area (Å²) >= 11 is 0. The Morgan fingerprint density at radius 2 is 1.86 bits per heavy atom. The number of hydrogen-bond acceptors (Lipinski definition) is 3. The Morgan fingerprint density at radius 3 is 2.21 bits per heavy atom. The monoisotopic (exact) mass is 195 g/mol. The maximum absolute atomic E-state index is 8.58. The van der Waals surface area contributed by atoms with Crippen molar-refractivity contribution in [1.82, 2.24) is 0 Å². The van der Waals surface area contributed by atoms with Crippen molar-refractivity contribution in [1.29, 1.82) is 0 Å². The SMILES string of the molecule is Cc1ccc(/C(N)=N/O)cc1.NC=O. The Balaban J connectivity index is 0.000000500. The highest BCUT2D eigenvalue weighted by molar-refractivity contribution is 5.96. The summed E-state index contributed by atoms with van der Waals surface area (Å²) in [6.07, 6.45) is 0.250. The van der Waals surface area contributed by atoms with Gasteiger partial charge in [-0.05, 0) is 6.92 Å². The molecular formula is C9H13N3O2. The Hall–Kier alpha value is -2.04. The molecule has 0 spiro atoms. The first-order chi connectivity index (χ1) is 6.65. The largest absolute Gasteiger partial charge is 0.409 e. The highest BCUT2D eigenvalue weighted by Gasteiger charge is 1.95. The van der Waals surface area contributed by atoms with Gasteiger partial charge in [-0.3, -0.25) is 4.79 Å². The van der Waals surface area contributed by atoms with Crippen LogP contribution < -0.4 is 11.5 Å². The van der Waals surface area contributed by atoms with Gasteiger partial charge in [-0.15, -0.1) is 0 Å². The van der Waals surface area contributed by atoms with Crippen molar-refractivity contribution in [2.45, 2.75) is 6.92 Å². The Labute approximate surface area is 82.0 Å². The molecular weight excluding hydrogens is 182 g/mol. The van der Waals surface area contributed by atoms with Gasteiger partial charge in [0.25, 0.3) is 0 Å². The second kappa shape index (κ2) is 6.47. The van der Waals surface area contributed by atoms with Crippen LogP contribution >= 0.6 is 0 Å². The van der Waals surface area contributed by atoms with Crippen LogP contribution in [0.3, 0.4) is 0 Å². The van der Waals surface area contributed by atoms with Crippen LogP contribution in [0.1, 0.15) is 11.1 Å². The van der Waals surface area contributed by atoms with Crippen LogP contribution in [-0.4, -0.2) is 17.5 Å². The molecule has 0 fully saturated rings. The molecule has 5 N–H and O–H groups in total. The summed E-state index contributed by atoms with van der Waals surface area (Å²) in [6.45, 7) is 1.98. The number of benzene rings is 1. The van der Waals surface area contributed by atoms with E-state index in [4.69, 9.17) is 15.7 Å². The number of primary amides is 1. The van der Waals surface area contributed by atoms with Crippen LogP contribution in [0.4, 0.5) is 0 Å². The normalized spacial score (nSPS) is 9.93. The average Bonchev–Trinajstić information content (AvgIpc) is 2.19. The minimum absolute atomic E-state index is 0.144. The smallest absolute Gasteiger partial charge is 0.204 e. The molecule has 1 aromatic rings. The molecule has 1 aromatic carbocycles. The fourth-order valence-electron chi connectivity index (χ4n) is 0.782. The molecule has 5 nitrogen and oxygen atoms in total. The number of hydrogen-bond donors (Lipinski definition) is 3. The number of nitrogens with two attached hydrogens (primary N) is 2. The number of nitrogens with zero attached hydrogens (tertiary/aromatic N) is 1. The lowest BCUT2D eigenvalue weighted by molar-refractivity contribution is -0.106. The molecule has 1 amide bonds. The van der Waals surface area contributed by atoms with Gasteiger partial charge in [0.15, 0.2) is 5.84 Å². The molecule has 0 saturated heterocycles. The molecule has 14 heavy (non-hydrogen) atoms. The van der Waals surface area contributed by atoms with E-state index in [-0.39, 0.29) is 12.2 Å². The predicted octanol–water partition coefficient (Wildman–Crippen LogP) is 0.191. The molecule has 0 aliphatic carbocycles. The second-order valence-electron chi connectivity index (χ2n) is 2.49. The Morgan fingerprint density at radius 1 is 1.43 bits per heavy atom. The number of aryl methyl sites for hydroxylation is 1. The zero-order chi connectivity index (χ0) is 11.0. The lowest BCUT2D eigenvalue weighted by atomic mass is 10.1. The summed E-state index contributed by atoms with van der Waals surface area (Å²) in [7, 11) is 0. The van der Waals surface area contributed by atoms with Crippen molar-refractivity contribution < 1.29 is 10.0 Å².